The van der Waals surface area contributed by atoms with Crippen LogP contribution in [0.1, 0.15) is 61.2 Å². The highest BCUT2D eigenvalue weighted by Gasteiger charge is 2.38. The van der Waals surface area contributed by atoms with Gasteiger partial charge in [0.05, 0.1) is 6.67 Å². The second-order valence-corrected chi connectivity index (χ2v) is 8.18. The number of nitrogens with zero attached hydrogens (tertiary/aromatic N) is 3. The molecule has 0 spiro atoms. The number of urea groups is 1. The minimum Gasteiger partial charge on any atom is -0.323 e. The first-order valence-corrected chi connectivity index (χ1v) is 10.4. The van der Waals surface area contributed by atoms with E-state index in [9.17, 15) is 13.6 Å². The molecule has 2 heterocycles. The fraction of sp³-hybridized carbons (Fsp3) is 0.571. The Hall–Kier alpha value is -2.51. The Labute approximate surface area is 169 Å². The van der Waals surface area contributed by atoms with Gasteiger partial charge in [-0.15, -0.1) is 0 Å². The molecule has 0 bridgehead atoms. The van der Waals surface area contributed by atoms with Crippen molar-refractivity contribution in [2.24, 2.45) is 5.92 Å². The number of rotatable bonds is 4. The molecule has 1 aromatic carbocycles. The number of carbonyl (C=O) groups is 1. The fourth-order valence-corrected chi connectivity index (χ4v) is 4.44. The molecule has 1 aromatic heterocycles. The van der Waals surface area contributed by atoms with Crippen LogP contribution in [0, 0.1) is 18.7 Å². The molecule has 1 saturated carbocycles. The predicted octanol–water partition coefficient (Wildman–Crippen LogP) is 4.52. The molecule has 1 saturated heterocycles. The van der Waals surface area contributed by atoms with Gasteiger partial charge in [0.2, 0.25) is 0 Å². The lowest BCUT2D eigenvalue weighted by Gasteiger charge is -2.18. The van der Waals surface area contributed by atoms with Crippen LogP contribution < -0.4 is 5.32 Å². The van der Waals surface area contributed by atoms with Crippen LogP contribution >= 0.6 is 0 Å². The quantitative estimate of drug-likeness (QED) is 0.788. The van der Waals surface area contributed by atoms with Crippen LogP contribution in [-0.2, 0) is 0 Å². The van der Waals surface area contributed by atoms with Crippen molar-refractivity contribution in [2.75, 3.05) is 25.1 Å². The molecule has 0 radical (unpaired) electrons. The highest BCUT2D eigenvalue weighted by Crippen LogP contribution is 2.34. The zero-order valence-electron chi connectivity index (χ0n) is 16.6. The Morgan fingerprint density at radius 2 is 2.07 bits per heavy atom. The first kappa shape index (κ1) is 19.8. The Morgan fingerprint density at radius 3 is 2.83 bits per heavy atom. The summed E-state index contributed by atoms with van der Waals surface area (Å²) >= 11 is 0. The molecule has 6 nitrogen and oxygen atoms in total. The number of nitrogens with one attached hydrogen (secondary N) is 2. The van der Waals surface area contributed by atoms with Gasteiger partial charge in [-0.25, -0.2) is 14.2 Å². The van der Waals surface area contributed by atoms with Crippen molar-refractivity contribution in [3.63, 3.8) is 0 Å². The predicted molar refractivity (Wildman–Crippen MR) is 106 cm³/mol. The standard InChI is InChI=1S/C21H27F2N5O/c1-13-17(23)8-5-9-18(13)24-21(29)28-11-15(10-22)16(12-28)20-25-19(26-27-20)14-6-3-2-4-7-14/h5,8-9,14-16H,2-4,6-7,10-12H2,1H3,(H,24,29)(H,25,26,27)/t15-,16-/m1/s1. The maximum atomic E-state index is 13.7. The van der Waals surface area contributed by atoms with Crippen LogP contribution in [0.25, 0.3) is 0 Å². The molecule has 2 N–H and O–H groups in total. The van der Waals surface area contributed by atoms with E-state index in [1.54, 1.807) is 24.0 Å². The Morgan fingerprint density at radius 1 is 1.28 bits per heavy atom. The molecule has 2 fully saturated rings. The molecular formula is C21H27F2N5O. The van der Waals surface area contributed by atoms with Crippen LogP contribution in [0.15, 0.2) is 18.2 Å². The van der Waals surface area contributed by atoms with Gasteiger partial charge in [-0.3, -0.25) is 9.49 Å². The van der Waals surface area contributed by atoms with Crippen LogP contribution in [0.4, 0.5) is 19.3 Å². The van der Waals surface area contributed by atoms with Gasteiger partial charge < -0.3 is 10.2 Å². The van der Waals surface area contributed by atoms with Crippen molar-refractivity contribution in [1.82, 2.24) is 20.1 Å². The zero-order valence-corrected chi connectivity index (χ0v) is 16.6. The number of alkyl halides is 1. The van der Waals surface area contributed by atoms with E-state index in [-0.39, 0.29) is 23.7 Å². The molecular weight excluding hydrogens is 376 g/mol. The molecule has 156 valence electrons. The normalized spacial score (nSPS) is 22.8. The number of halogens is 2. The minimum absolute atomic E-state index is 0.218. The van der Waals surface area contributed by atoms with E-state index in [2.05, 4.69) is 20.5 Å². The molecule has 1 aliphatic heterocycles. The largest absolute Gasteiger partial charge is 0.323 e. The second kappa shape index (κ2) is 8.47. The Kier molecular flexibility index (Phi) is 5.78. The number of H-pyrrole nitrogens is 1. The summed E-state index contributed by atoms with van der Waals surface area (Å²) in [6.45, 7) is 1.73. The van der Waals surface area contributed by atoms with Crippen molar-refractivity contribution in [3.8, 4) is 0 Å². The summed E-state index contributed by atoms with van der Waals surface area (Å²) in [6.07, 6.45) is 5.83. The van der Waals surface area contributed by atoms with E-state index in [0.29, 0.717) is 36.1 Å². The van der Waals surface area contributed by atoms with Crippen molar-refractivity contribution in [2.45, 2.75) is 50.9 Å². The van der Waals surface area contributed by atoms with E-state index >= 15 is 0 Å². The number of likely N-dealkylation sites (tertiary alicyclic amines) is 1. The summed E-state index contributed by atoms with van der Waals surface area (Å²) < 4.78 is 27.4. The Bertz CT molecular complexity index is 865. The van der Waals surface area contributed by atoms with Gasteiger partial charge >= 0.3 is 6.03 Å². The average molecular weight is 403 g/mol. The summed E-state index contributed by atoms with van der Waals surface area (Å²) in [4.78, 5) is 18.9. The third-order valence-corrected chi connectivity index (χ3v) is 6.28. The zero-order chi connectivity index (χ0) is 20.4. The van der Waals surface area contributed by atoms with Gasteiger partial charge in [-0.2, -0.15) is 5.10 Å². The van der Waals surface area contributed by atoms with Crippen LogP contribution in [0.2, 0.25) is 0 Å². The SMILES string of the molecule is Cc1c(F)cccc1NC(=O)N1C[C@@H](CF)[C@H](c2nc(C3CCCCC3)n[nH]2)C1. The lowest BCUT2D eigenvalue weighted by Crippen LogP contribution is -2.33. The highest BCUT2D eigenvalue weighted by atomic mass is 19.1. The number of anilines is 1. The molecule has 2 amide bonds. The fourth-order valence-electron chi connectivity index (χ4n) is 4.44. The molecule has 2 atom stereocenters. The van der Waals surface area contributed by atoms with E-state index in [0.717, 1.165) is 18.7 Å². The molecule has 2 aromatic rings. The maximum absolute atomic E-state index is 13.7. The summed E-state index contributed by atoms with van der Waals surface area (Å²) in [5.41, 5.74) is 0.806. The number of hydrogen-bond donors (Lipinski definition) is 2. The minimum atomic E-state index is -0.535. The number of hydrogen-bond acceptors (Lipinski definition) is 3. The molecule has 2 aliphatic rings. The summed E-state index contributed by atoms with van der Waals surface area (Å²) in [7, 11) is 0. The lowest BCUT2D eigenvalue weighted by atomic mass is 9.89. The third-order valence-electron chi connectivity index (χ3n) is 6.28. The van der Waals surface area contributed by atoms with E-state index < -0.39 is 6.67 Å². The highest BCUT2D eigenvalue weighted by molar-refractivity contribution is 5.90. The van der Waals surface area contributed by atoms with Crippen LogP contribution in [-0.4, -0.2) is 45.9 Å². The van der Waals surface area contributed by atoms with Gasteiger partial charge in [-0.1, -0.05) is 25.3 Å². The third kappa shape index (κ3) is 4.11. The van der Waals surface area contributed by atoms with E-state index in [1.165, 1.54) is 25.3 Å². The lowest BCUT2D eigenvalue weighted by molar-refractivity contribution is 0.219. The van der Waals surface area contributed by atoms with E-state index in [1.807, 2.05) is 0 Å². The number of benzene rings is 1. The van der Waals surface area contributed by atoms with Gasteiger partial charge in [0.15, 0.2) is 5.82 Å². The monoisotopic (exact) mass is 403 g/mol. The summed E-state index contributed by atoms with van der Waals surface area (Å²) in [6, 6.07) is 4.20. The van der Waals surface area contributed by atoms with Crippen molar-refractivity contribution >= 4 is 11.7 Å². The van der Waals surface area contributed by atoms with Gasteiger partial charge in [0.1, 0.15) is 11.6 Å². The Balaban J connectivity index is 1.45. The van der Waals surface area contributed by atoms with Crippen LogP contribution in [0.3, 0.4) is 0 Å². The maximum Gasteiger partial charge on any atom is 0.321 e. The van der Waals surface area contributed by atoms with E-state index in [4.69, 9.17) is 0 Å². The topological polar surface area (TPSA) is 73.9 Å². The number of aromatic nitrogens is 3. The smallest absolute Gasteiger partial charge is 0.321 e. The van der Waals surface area contributed by atoms with Crippen molar-refractivity contribution < 1.29 is 13.6 Å². The first-order valence-electron chi connectivity index (χ1n) is 10.4. The van der Waals surface area contributed by atoms with Gasteiger partial charge in [0.25, 0.3) is 0 Å². The van der Waals surface area contributed by atoms with Crippen molar-refractivity contribution in [1.29, 1.82) is 0 Å². The van der Waals surface area contributed by atoms with Gasteiger partial charge in [0, 0.05) is 42.1 Å². The van der Waals surface area contributed by atoms with Crippen LogP contribution in [0.5, 0.6) is 0 Å². The summed E-state index contributed by atoms with van der Waals surface area (Å²) in [5.74, 6) is 0.918. The number of carbonyl (C=O) groups excluding carboxylic acids is 1. The van der Waals surface area contributed by atoms with Crippen molar-refractivity contribution in [3.05, 3.63) is 41.2 Å². The average Bonchev–Trinajstić information content (AvgIpc) is 3.39. The number of aromatic amines is 1. The summed E-state index contributed by atoms with van der Waals surface area (Å²) in [5, 5.41) is 10.1. The first-order chi connectivity index (χ1) is 14.1. The van der Waals surface area contributed by atoms with Gasteiger partial charge in [-0.05, 0) is 31.9 Å². The molecule has 1 aliphatic carbocycles. The molecule has 29 heavy (non-hydrogen) atoms. The molecule has 0 unspecified atom stereocenters. The number of amides is 2. The molecule has 8 heteroatoms. The second-order valence-electron chi connectivity index (χ2n) is 8.18. The molecule has 4 rings (SSSR count).